The van der Waals surface area contributed by atoms with Crippen LogP contribution in [-0.4, -0.2) is 17.0 Å². The highest BCUT2D eigenvalue weighted by atomic mass is 16.1. The van der Waals surface area contributed by atoms with E-state index >= 15 is 0 Å². The average Bonchev–Trinajstić information content (AvgIpc) is 2.86. The lowest BCUT2D eigenvalue weighted by Gasteiger charge is -2.06. The van der Waals surface area contributed by atoms with Gasteiger partial charge in [-0.25, -0.2) is 0 Å². The van der Waals surface area contributed by atoms with Crippen LogP contribution in [0.5, 0.6) is 0 Å². The number of carbonyl (C=O) groups is 1. The quantitative estimate of drug-likeness (QED) is 0.883. The van der Waals surface area contributed by atoms with Crippen molar-refractivity contribution in [2.45, 2.75) is 13.5 Å². The first-order chi connectivity index (χ1) is 10.1. The van der Waals surface area contributed by atoms with Gasteiger partial charge in [-0.3, -0.25) is 4.79 Å². The lowest BCUT2D eigenvalue weighted by atomic mass is 10.2. The minimum absolute atomic E-state index is 0.0641. The Morgan fingerprint density at radius 2 is 2.05 bits per heavy atom. The molecule has 0 radical (unpaired) electrons. The Labute approximate surface area is 124 Å². The third-order valence-electron chi connectivity index (χ3n) is 3.16. The van der Waals surface area contributed by atoms with Crippen LogP contribution in [0.3, 0.4) is 0 Å². The fraction of sp³-hybridized carbons (Fsp3) is 0.250. The molecule has 2 rings (SSSR count). The monoisotopic (exact) mass is 282 g/mol. The van der Waals surface area contributed by atoms with E-state index in [1.165, 1.54) is 0 Å². The number of aryl methyl sites for hydroxylation is 1. The molecule has 0 atom stereocenters. The van der Waals surface area contributed by atoms with Gasteiger partial charge in [0.25, 0.3) is 5.91 Å². The number of nitrogens with zero attached hydrogens (tertiary/aromatic N) is 2. The van der Waals surface area contributed by atoms with Crippen molar-refractivity contribution in [2.24, 2.45) is 7.05 Å². The highest BCUT2D eigenvalue weighted by Crippen LogP contribution is 2.12. The molecule has 0 aliphatic heterocycles. The molecule has 1 aromatic carbocycles. The zero-order valence-corrected chi connectivity index (χ0v) is 12.2. The van der Waals surface area contributed by atoms with Gasteiger partial charge in [-0.05, 0) is 42.8 Å². The average molecular weight is 282 g/mol. The number of anilines is 1. The van der Waals surface area contributed by atoms with Crippen LogP contribution in [0, 0.1) is 11.3 Å². The van der Waals surface area contributed by atoms with Crippen molar-refractivity contribution in [3.05, 3.63) is 53.3 Å². The van der Waals surface area contributed by atoms with Crippen molar-refractivity contribution < 1.29 is 4.79 Å². The number of rotatable bonds is 5. The second-order valence-corrected chi connectivity index (χ2v) is 4.75. The first-order valence-corrected chi connectivity index (χ1v) is 6.81. The third kappa shape index (κ3) is 3.63. The zero-order valence-electron chi connectivity index (χ0n) is 12.2. The summed E-state index contributed by atoms with van der Waals surface area (Å²) in [7, 11) is 1.85. The molecule has 21 heavy (non-hydrogen) atoms. The summed E-state index contributed by atoms with van der Waals surface area (Å²) in [4.78, 5) is 11.6. The van der Waals surface area contributed by atoms with Gasteiger partial charge in [0, 0.05) is 37.6 Å². The number of hydrogen-bond acceptors (Lipinski definition) is 3. The molecular weight excluding hydrogens is 264 g/mol. The van der Waals surface area contributed by atoms with Crippen LogP contribution in [0.2, 0.25) is 0 Å². The summed E-state index contributed by atoms with van der Waals surface area (Å²) in [6, 6.07) is 11.3. The van der Waals surface area contributed by atoms with E-state index in [2.05, 4.69) is 16.7 Å². The summed E-state index contributed by atoms with van der Waals surface area (Å²) in [5.41, 5.74) is 3.26. The predicted molar refractivity (Wildman–Crippen MR) is 81.9 cm³/mol. The molecule has 0 bridgehead atoms. The fourth-order valence-corrected chi connectivity index (χ4v) is 2.05. The number of carbonyl (C=O) groups excluding carboxylic acids is 1. The molecule has 5 nitrogen and oxygen atoms in total. The van der Waals surface area contributed by atoms with E-state index in [0.717, 1.165) is 11.3 Å². The Hall–Kier alpha value is -2.74. The van der Waals surface area contributed by atoms with E-state index in [0.29, 0.717) is 24.3 Å². The molecule has 0 spiro atoms. The summed E-state index contributed by atoms with van der Waals surface area (Å²) >= 11 is 0. The highest BCUT2D eigenvalue weighted by Gasteiger charge is 2.04. The molecule has 0 aliphatic rings. The molecule has 2 N–H and O–H groups in total. The normalized spacial score (nSPS) is 9.95. The first-order valence-electron chi connectivity index (χ1n) is 6.81. The second-order valence-electron chi connectivity index (χ2n) is 4.75. The molecule has 1 heterocycles. The van der Waals surface area contributed by atoms with E-state index in [1.54, 1.807) is 16.7 Å². The molecule has 0 saturated carbocycles. The minimum atomic E-state index is -0.0641. The molecule has 0 aliphatic carbocycles. The Morgan fingerprint density at radius 1 is 1.33 bits per heavy atom. The van der Waals surface area contributed by atoms with Gasteiger partial charge in [0.1, 0.15) is 11.8 Å². The number of hydrogen-bond donors (Lipinski definition) is 2. The van der Waals surface area contributed by atoms with E-state index in [-0.39, 0.29) is 5.91 Å². The van der Waals surface area contributed by atoms with E-state index in [9.17, 15) is 4.79 Å². The minimum Gasteiger partial charge on any atom is -0.381 e. The van der Waals surface area contributed by atoms with Gasteiger partial charge in [-0.2, -0.15) is 5.26 Å². The Bertz CT molecular complexity index is 665. The lowest BCUT2D eigenvalue weighted by Crippen LogP contribution is -2.22. The van der Waals surface area contributed by atoms with Crippen LogP contribution in [0.4, 0.5) is 5.69 Å². The molecule has 108 valence electrons. The summed E-state index contributed by atoms with van der Waals surface area (Å²) in [5, 5.41) is 14.9. The van der Waals surface area contributed by atoms with Crippen LogP contribution >= 0.6 is 0 Å². The standard InChI is InChI=1S/C16H18N4O/c1-3-18-16(21)13-4-6-14(7-5-13)19-10-12-8-15(9-17)20(2)11-12/h4-8,11,19H,3,10H2,1-2H3,(H,18,21). The maximum atomic E-state index is 11.6. The van der Waals surface area contributed by atoms with Crippen LogP contribution in [-0.2, 0) is 13.6 Å². The topological polar surface area (TPSA) is 69.8 Å². The second kappa shape index (κ2) is 6.62. The molecule has 5 heteroatoms. The summed E-state index contributed by atoms with van der Waals surface area (Å²) in [5.74, 6) is -0.0641. The van der Waals surface area contributed by atoms with Crippen molar-refractivity contribution in [1.82, 2.24) is 9.88 Å². The van der Waals surface area contributed by atoms with Crippen molar-refractivity contribution in [2.75, 3.05) is 11.9 Å². The van der Waals surface area contributed by atoms with Gasteiger partial charge >= 0.3 is 0 Å². The summed E-state index contributed by atoms with van der Waals surface area (Å²) in [6.07, 6.45) is 1.93. The smallest absolute Gasteiger partial charge is 0.251 e. The number of aromatic nitrogens is 1. The molecular formula is C16H18N4O. The van der Waals surface area contributed by atoms with E-state index < -0.39 is 0 Å². The molecule has 1 aromatic heterocycles. The van der Waals surface area contributed by atoms with Crippen molar-refractivity contribution in [3.8, 4) is 6.07 Å². The van der Waals surface area contributed by atoms with Gasteiger partial charge in [0.2, 0.25) is 0 Å². The van der Waals surface area contributed by atoms with Crippen LogP contribution in [0.25, 0.3) is 0 Å². The maximum absolute atomic E-state index is 11.6. The summed E-state index contributed by atoms with van der Waals surface area (Å²) < 4.78 is 1.80. The molecule has 1 amide bonds. The predicted octanol–water partition coefficient (Wildman–Crippen LogP) is 2.26. The Kier molecular flexibility index (Phi) is 4.62. The maximum Gasteiger partial charge on any atom is 0.251 e. The molecule has 2 aromatic rings. The van der Waals surface area contributed by atoms with Crippen molar-refractivity contribution in [3.63, 3.8) is 0 Å². The highest BCUT2D eigenvalue weighted by molar-refractivity contribution is 5.94. The van der Waals surface area contributed by atoms with Gasteiger partial charge < -0.3 is 15.2 Å². The zero-order chi connectivity index (χ0) is 15.2. The molecule has 0 saturated heterocycles. The SMILES string of the molecule is CCNC(=O)c1ccc(NCc2cc(C#N)n(C)c2)cc1. The Morgan fingerprint density at radius 3 is 2.62 bits per heavy atom. The molecule has 0 fully saturated rings. The van der Waals surface area contributed by atoms with Crippen LogP contribution in [0.1, 0.15) is 28.5 Å². The number of amides is 1. The number of benzene rings is 1. The van der Waals surface area contributed by atoms with E-state index in [4.69, 9.17) is 5.26 Å². The van der Waals surface area contributed by atoms with Crippen molar-refractivity contribution >= 4 is 11.6 Å². The van der Waals surface area contributed by atoms with Crippen LogP contribution in [0.15, 0.2) is 36.5 Å². The lowest BCUT2D eigenvalue weighted by molar-refractivity contribution is 0.0956. The third-order valence-corrected chi connectivity index (χ3v) is 3.16. The first kappa shape index (κ1) is 14.7. The van der Waals surface area contributed by atoms with Crippen LogP contribution < -0.4 is 10.6 Å². The van der Waals surface area contributed by atoms with Crippen molar-refractivity contribution in [1.29, 1.82) is 5.26 Å². The van der Waals surface area contributed by atoms with Gasteiger partial charge in [-0.15, -0.1) is 0 Å². The number of nitrogens with one attached hydrogen (secondary N) is 2. The van der Waals surface area contributed by atoms with E-state index in [1.807, 2.05) is 38.4 Å². The van der Waals surface area contributed by atoms with Gasteiger partial charge in [0.15, 0.2) is 0 Å². The number of nitriles is 1. The largest absolute Gasteiger partial charge is 0.381 e. The fourth-order valence-electron chi connectivity index (χ4n) is 2.05. The van der Waals surface area contributed by atoms with Gasteiger partial charge in [-0.1, -0.05) is 0 Å². The molecule has 0 unspecified atom stereocenters. The Balaban J connectivity index is 1.97. The summed E-state index contributed by atoms with van der Waals surface area (Å²) in [6.45, 7) is 3.15. The van der Waals surface area contributed by atoms with Gasteiger partial charge in [0.05, 0.1) is 0 Å².